The van der Waals surface area contributed by atoms with E-state index in [0.717, 1.165) is 0 Å². The number of carboxylic acid groups (broad SMARTS) is 1. The average molecular weight is 579 g/mol. The Bertz CT molecular complexity index is 1350. The molecule has 12 nitrogen and oxygen atoms in total. The predicted octanol–water partition coefficient (Wildman–Crippen LogP) is -0.0157. The van der Waals surface area contributed by atoms with Gasteiger partial charge in [0.2, 0.25) is 17.7 Å². The molecule has 0 saturated carbocycles. The van der Waals surface area contributed by atoms with E-state index in [9.17, 15) is 39.6 Å². The van der Waals surface area contributed by atoms with Crippen molar-refractivity contribution >= 4 is 23.7 Å². The Morgan fingerprint density at radius 3 is 1.55 bits per heavy atom. The minimum atomic E-state index is -1.46. The van der Waals surface area contributed by atoms with Gasteiger partial charge in [-0.1, -0.05) is 54.6 Å². The van der Waals surface area contributed by atoms with Crippen LogP contribution in [0.4, 0.5) is 0 Å². The number of carbonyl (C=O) groups is 4. The third-order valence-corrected chi connectivity index (χ3v) is 6.45. The molecule has 0 radical (unpaired) electrons. The minimum Gasteiger partial charge on any atom is -0.508 e. The summed E-state index contributed by atoms with van der Waals surface area (Å²) in [5.41, 5.74) is 7.86. The van der Waals surface area contributed by atoms with E-state index < -0.39 is 54.5 Å². The zero-order valence-electron chi connectivity index (χ0n) is 22.6. The molecule has 222 valence electrons. The van der Waals surface area contributed by atoms with E-state index in [-0.39, 0.29) is 30.8 Å². The number of phenolic OH excluding ortho intramolecular Hbond substituents is 2. The van der Waals surface area contributed by atoms with Crippen LogP contribution in [0, 0.1) is 0 Å². The number of amides is 3. The number of aliphatic hydroxyl groups excluding tert-OH is 1. The lowest BCUT2D eigenvalue weighted by Crippen LogP contribution is -2.58. The molecular weight excluding hydrogens is 544 g/mol. The van der Waals surface area contributed by atoms with Crippen LogP contribution in [0.1, 0.15) is 16.7 Å². The van der Waals surface area contributed by atoms with E-state index in [0.29, 0.717) is 16.7 Å². The highest BCUT2D eigenvalue weighted by atomic mass is 16.4. The van der Waals surface area contributed by atoms with Crippen LogP contribution >= 0.6 is 0 Å². The van der Waals surface area contributed by atoms with E-state index in [1.165, 1.54) is 36.4 Å². The third kappa shape index (κ3) is 9.61. The molecule has 0 bridgehead atoms. The van der Waals surface area contributed by atoms with E-state index in [1.807, 2.05) is 0 Å². The third-order valence-electron chi connectivity index (χ3n) is 6.45. The van der Waals surface area contributed by atoms with Gasteiger partial charge in [0.25, 0.3) is 0 Å². The van der Waals surface area contributed by atoms with Crippen molar-refractivity contribution < 1.29 is 39.6 Å². The van der Waals surface area contributed by atoms with Crippen LogP contribution in [0.25, 0.3) is 0 Å². The highest BCUT2D eigenvalue weighted by molar-refractivity contribution is 5.94. The van der Waals surface area contributed by atoms with Crippen molar-refractivity contribution in [2.75, 3.05) is 6.61 Å². The van der Waals surface area contributed by atoms with Gasteiger partial charge in [0.15, 0.2) is 0 Å². The van der Waals surface area contributed by atoms with Crippen molar-refractivity contribution in [3.63, 3.8) is 0 Å². The van der Waals surface area contributed by atoms with Gasteiger partial charge in [-0.25, -0.2) is 4.79 Å². The van der Waals surface area contributed by atoms with Gasteiger partial charge >= 0.3 is 5.97 Å². The molecule has 0 aliphatic carbocycles. The Labute approximate surface area is 242 Å². The second-order valence-corrected chi connectivity index (χ2v) is 9.74. The first kappa shape index (κ1) is 31.6. The summed E-state index contributed by atoms with van der Waals surface area (Å²) in [6.07, 6.45) is 0.00772. The average Bonchev–Trinajstić information content (AvgIpc) is 2.97. The Kier molecular flexibility index (Phi) is 11.4. The molecule has 4 unspecified atom stereocenters. The molecule has 0 heterocycles. The van der Waals surface area contributed by atoms with E-state index >= 15 is 0 Å². The number of rotatable bonds is 14. The Balaban J connectivity index is 1.72. The summed E-state index contributed by atoms with van der Waals surface area (Å²) >= 11 is 0. The summed E-state index contributed by atoms with van der Waals surface area (Å²) in [5, 5.41) is 45.9. The van der Waals surface area contributed by atoms with Crippen LogP contribution < -0.4 is 21.7 Å². The molecule has 3 rings (SSSR count). The minimum absolute atomic E-state index is 0.00394. The van der Waals surface area contributed by atoms with Gasteiger partial charge in [-0.15, -0.1) is 0 Å². The smallest absolute Gasteiger partial charge is 0.326 e. The first-order valence-electron chi connectivity index (χ1n) is 13.2. The number of nitrogens with one attached hydrogen (secondary N) is 3. The standard InChI is InChI=1S/C30H34N4O8/c31-23(14-19-6-10-21(36)11-7-19)27(38)34-26(17-35)29(40)32-24(15-20-8-12-22(37)13-9-20)28(39)33-25(30(41)42)16-18-4-2-1-3-5-18/h1-13,23-26,35-37H,14-17,31H2,(H,32,40)(H,33,39)(H,34,38)(H,41,42). The quantitative estimate of drug-likeness (QED) is 0.129. The predicted molar refractivity (Wildman–Crippen MR) is 152 cm³/mol. The lowest BCUT2D eigenvalue weighted by atomic mass is 10.0. The first-order chi connectivity index (χ1) is 20.0. The van der Waals surface area contributed by atoms with Crippen LogP contribution in [0.3, 0.4) is 0 Å². The van der Waals surface area contributed by atoms with Gasteiger partial charge in [-0.3, -0.25) is 14.4 Å². The molecule has 4 atom stereocenters. The number of aliphatic carboxylic acids is 1. The SMILES string of the molecule is NC(Cc1ccc(O)cc1)C(=O)NC(CO)C(=O)NC(Cc1ccc(O)cc1)C(=O)NC(Cc1ccccc1)C(=O)O. The van der Waals surface area contributed by atoms with E-state index in [1.54, 1.807) is 42.5 Å². The number of aromatic hydroxyl groups is 2. The normalized spacial score (nSPS) is 13.7. The van der Waals surface area contributed by atoms with Crippen LogP contribution in [-0.2, 0) is 38.4 Å². The number of nitrogens with two attached hydrogens (primary N) is 1. The fraction of sp³-hybridized carbons (Fsp3) is 0.267. The molecule has 0 aromatic heterocycles. The maximum absolute atomic E-state index is 13.3. The molecule has 3 aromatic rings. The molecule has 3 aromatic carbocycles. The molecule has 42 heavy (non-hydrogen) atoms. The van der Waals surface area contributed by atoms with Crippen LogP contribution in [0.5, 0.6) is 11.5 Å². The van der Waals surface area contributed by atoms with Crippen molar-refractivity contribution in [1.82, 2.24) is 16.0 Å². The summed E-state index contributed by atoms with van der Waals surface area (Å²) < 4.78 is 0. The lowest BCUT2D eigenvalue weighted by molar-refractivity contribution is -0.142. The van der Waals surface area contributed by atoms with Crippen molar-refractivity contribution in [2.24, 2.45) is 5.73 Å². The van der Waals surface area contributed by atoms with Gasteiger partial charge in [-0.2, -0.15) is 0 Å². The van der Waals surface area contributed by atoms with Crippen molar-refractivity contribution in [3.05, 3.63) is 95.6 Å². The molecule has 0 fully saturated rings. The highest BCUT2D eigenvalue weighted by Crippen LogP contribution is 2.13. The number of hydrogen-bond donors (Lipinski definition) is 8. The summed E-state index contributed by atoms with van der Waals surface area (Å²) in [5.74, 6) is -3.65. The summed E-state index contributed by atoms with van der Waals surface area (Å²) in [4.78, 5) is 51.0. The topological polar surface area (TPSA) is 211 Å². The van der Waals surface area contributed by atoms with Crippen LogP contribution in [-0.4, -0.2) is 74.9 Å². The maximum atomic E-state index is 13.3. The maximum Gasteiger partial charge on any atom is 0.326 e. The molecular formula is C30H34N4O8. The van der Waals surface area contributed by atoms with Crippen molar-refractivity contribution in [2.45, 2.75) is 43.4 Å². The fourth-order valence-electron chi connectivity index (χ4n) is 4.12. The lowest BCUT2D eigenvalue weighted by Gasteiger charge is -2.24. The molecule has 0 aliphatic rings. The Morgan fingerprint density at radius 2 is 1.02 bits per heavy atom. The zero-order valence-corrected chi connectivity index (χ0v) is 22.6. The van der Waals surface area contributed by atoms with Gasteiger partial charge in [0.1, 0.15) is 29.6 Å². The Morgan fingerprint density at radius 1 is 0.595 bits per heavy atom. The van der Waals surface area contributed by atoms with Gasteiger partial charge in [0.05, 0.1) is 12.6 Å². The van der Waals surface area contributed by atoms with Crippen LogP contribution in [0.2, 0.25) is 0 Å². The van der Waals surface area contributed by atoms with Gasteiger partial charge in [0, 0.05) is 12.8 Å². The molecule has 0 spiro atoms. The molecule has 0 aliphatic heterocycles. The number of carbonyl (C=O) groups excluding carboxylic acids is 3. The highest BCUT2D eigenvalue weighted by Gasteiger charge is 2.30. The van der Waals surface area contributed by atoms with Crippen LogP contribution in [0.15, 0.2) is 78.9 Å². The Hall–Kier alpha value is -4.94. The number of phenols is 2. The summed E-state index contributed by atoms with van der Waals surface area (Å²) in [6.45, 7) is -0.803. The second kappa shape index (κ2) is 15.2. The molecule has 12 heteroatoms. The number of aliphatic hydroxyl groups is 1. The van der Waals surface area contributed by atoms with E-state index in [2.05, 4.69) is 16.0 Å². The monoisotopic (exact) mass is 578 g/mol. The first-order valence-corrected chi connectivity index (χ1v) is 13.2. The number of hydrogen-bond acceptors (Lipinski definition) is 8. The summed E-state index contributed by atoms with van der Waals surface area (Å²) in [7, 11) is 0. The van der Waals surface area contributed by atoms with Crippen molar-refractivity contribution in [1.29, 1.82) is 0 Å². The molecule has 3 amide bonds. The number of benzene rings is 3. The largest absolute Gasteiger partial charge is 0.508 e. The van der Waals surface area contributed by atoms with Crippen molar-refractivity contribution in [3.8, 4) is 11.5 Å². The van der Waals surface area contributed by atoms with E-state index in [4.69, 9.17) is 5.73 Å². The number of carboxylic acids is 1. The second-order valence-electron chi connectivity index (χ2n) is 9.74. The summed E-state index contributed by atoms with van der Waals surface area (Å²) in [6, 6.07) is 15.5. The fourth-order valence-corrected chi connectivity index (χ4v) is 4.12. The van der Waals surface area contributed by atoms with Gasteiger partial charge < -0.3 is 42.1 Å². The molecule has 9 N–H and O–H groups in total. The molecule has 0 saturated heterocycles. The zero-order chi connectivity index (χ0) is 30.6. The van der Waals surface area contributed by atoms with Gasteiger partial charge in [-0.05, 0) is 47.4 Å².